The van der Waals surface area contributed by atoms with E-state index in [1.807, 2.05) is 24.3 Å². The van der Waals surface area contributed by atoms with E-state index in [0.29, 0.717) is 11.4 Å². The van der Waals surface area contributed by atoms with Crippen LogP contribution in [0.1, 0.15) is 5.56 Å². The normalized spacial score (nSPS) is 11.0. The second kappa shape index (κ2) is 5.46. The van der Waals surface area contributed by atoms with Gasteiger partial charge in [-0.3, -0.25) is 10.4 Å². The van der Waals surface area contributed by atoms with Gasteiger partial charge in [0.15, 0.2) is 5.82 Å². The Labute approximate surface area is 120 Å². The standard InChI is InChI=1S/C15H12N4O2/c20-11-5-6-14(21)10(7-11)8-17-19-15-9-16-12-3-1-2-4-13(12)18-15/h1-9,20-21H,(H,18,19)/b17-8+. The quantitative estimate of drug-likeness (QED) is 0.389. The van der Waals surface area contributed by atoms with Gasteiger partial charge in [0.05, 0.1) is 23.4 Å². The first-order valence-electron chi connectivity index (χ1n) is 6.25. The highest BCUT2D eigenvalue weighted by atomic mass is 16.3. The molecule has 0 aliphatic rings. The SMILES string of the molecule is Oc1ccc(O)c(/C=N/Nc2cnc3ccccc3n2)c1. The first-order valence-corrected chi connectivity index (χ1v) is 6.25. The fourth-order valence-corrected chi connectivity index (χ4v) is 1.82. The van der Waals surface area contributed by atoms with E-state index in [0.717, 1.165) is 11.0 Å². The maximum Gasteiger partial charge on any atom is 0.165 e. The number of anilines is 1. The Bertz CT molecular complexity index is 818. The van der Waals surface area contributed by atoms with Crippen LogP contribution in [0.2, 0.25) is 0 Å². The molecule has 0 saturated heterocycles. The Morgan fingerprint density at radius 3 is 2.71 bits per heavy atom. The summed E-state index contributed by atoms with van der Waals surface area (Å²) in [5, 5.41) is 22.9. The number of para-hydroxylation sites is 2. The van der Waals surface area contributed by atoms with E-state index in [2.05, 4.69) is 20.5 Å². The molecule has 0 aliphatic heterocycles. The minimum absolute atomic E-state index is 0.0305. The van der Waals surface area contributed by atoms with E-state index >= 15 is 0 Å². The molecule has 0 fully saturated rings. The molecule has 21 heavy (non-hydrogen) atoms. The average molecular weight is 280 g/mol. The van der Waals surface area contributed by atoms with Crippen molar-refractivity contribution in [3.8, 4) is 11.5 Å². The highest BCUT2D eigenvalue weighted by molar-refractivity contribution is 5.84. The Morgan fingerprint density at radius 1 is 1.05 bits per heavy atom. The van der Waals surface area contributed by atoms with Crippen LogP contribution in [0.15, 0.2) is 53.8 Å². The highest BCUT2D eigenvalue weighted by Gasteiger charge is 2.00. The summed E-state index contributed by atoms with van der Waals surface area (Å²) in [5.74, 6) is 0.576. The number of hydrogen-bond acceptors (Lipinski definition) is 6. The second-order valence-electron chi connectivity index (χ2n) is 4.36. The molecule has 0 amide bonds. The fraction of sp³-hybridized carbons (Fsp3) is 0. The number of nitrogens with one attached hydrogen (secondary N) is 1. The van der Waals surface area contributed by atoms with Crippen LogP contribution in [0.5, 0.6) is 11.5 Å². The molecule has 1 heterocycles. The van der Waals surface area contributed by atoms with E-state index in [-0.39, 0.29) is 11.5 Å². The van der Waals surface area contributed by atoms with Crippen LogP contribution in [0.3, 0.4) is 0 Å². The lowest BCUT2D eigenvalue weighted by Gasteiger charge is -2.02. The number of aromatic nitrogens is 2. The zero-order valence-electron chi connectivity index (χ0n) is 10.9. The molecule has 3 rings (SSSR count). The Morgan fingerprint density at radius 2 is 1.86 bits per heavy atom. The number of hydrazone groups is 1. The van der Waals surface area contributed by atoms with Gasteiger partial charge < -0.3 is 10.2 Å². The van der Waals surface area contributed by atoms with Crippen molar-refractivity contribution in [1.82, 2.24) is 9.97 Å². The third-order valence-corrected chi connectivity index (χ3v) is 2.84. The first kappa shape index (κ1) is 12.9. The molecule has 3 aromatic rings. The van der Waals surface area contributed by atoms with E-state index in [9.17, 15) is 10.2 Å². The third kappa shape index (κ3) is 2.89. The largest absolute Gasteiger partial charge is 0.508 e. The number of benzene rings is 2. The number of phenols is 2. The van der Waals surface area contributed by atoms with E-state index in [4.69, 9.17) is 0 Å². The Hall–Kier alpha value is -3.15. The van der Waals surface area contributed by atoms with Gasteiger partial charge in [0, 0.05) is 5.56 Å². The molecule has 6 nitrogen and oxygen atoms in total. The van der Waals surface area contributed by atoms with Crippen LogP contribution >= 0.6 is 0 Å². The number of rotatable bonds is 3. The molecule has 0 radical (unpaired) electrons. The smallest absolute Gasteiger partial charge is 0.165 e. The molecule has 2 aromatic carbocycles. The lowest BCUT2D eigenvalue weighted by atomic mass is 10.2. The maximum absolute atomic E-state index is 9.62. The Kier molecular flexibility index (Phi) is 3.34. The van der Waals surface area contributed by atoms with Gasteiger partial charge in [-0.05, 0) is 30.3 Å². The topological polar surface area (TPSA) is 90.6 Å². The van der Waals surface area contributed by atoms with Crippen molar-refractivity contribution in [2.75, 3.05) is 5.43 Å². The summed E-state index contributed by atoms with van der Waals surface area (Å²) in [6, 6.07) is 11.7. The zero-order chi connectivity index (χ0) is 14.7. The molecule has 6 heteroatoms. The van der Waals surface area contributed by atoms with Crippen molar-refractivity contribution in [3.63, 3.8) is 0 Å². The van der Waals surface area contributed by atoms with Gasteiger partial charge in [0.1, 0.15) is 11.5 Å². The predicted octanol–water partition coefficient (Wildman–Crippen LogP) is 2.49. The molecule has 0 spiro atoms. The van der Waals surface area contributed by atoms with Crippen LogP contribution in [0.4, 0.5) is 5.82 Å². The average Bonchev–Trinajstić information content (AvgIpc) is 2.50. The molecule has 0 aliphatic carbocycles. The van der Waals surface area contributed by atoms with Crippen molar-refractivity contribution in [1.29, 1.82) is 0 Å². The molecule has 104 valence electrons. The summed E-state index contributed by atoms with van der Waals surface area (Å²) in [6.45, 7) is 0. The third-order valence-electron chi connectivity index (χ3n) is 2.84. The van der Waals surface area contributed by atoms with E-state index in [1.165, 1.54) is 24.4 Å². The molecule has 3 N–H and O–H groups in total. The minimum atomic E-state index is 0.0305. The van der Waals surface area contributed by atoms with Gasteiger partial charge in [-0.15, -0.1) is 0 Å². The van der Waals surface area contributed by atoms with Crippen molar-refractivity contribution >= 4 is 23.1 Å². The van der Waals surface area contributed by atoms with Crippen molar-refractivity contribution < 1.29 is 10.2 Å². The summed E-state index contributed by atoms with van der Waals surface area (Å²) in [7, 11) is 0. The van der Waals surface area contributed by atoms with Crippen molar-refractivity contribution in [3.05, 3.63) is 54.2 Å². The number of phenolic OH excluding ortho intramolecular Hbond substituents is 2. The van der Waals surface area contributed by atoms with Gasteiger partial charge in [-0.25, -0.2) is 4.98 Å². The fourth-order valence-electron chi connectivity index (χ4n) is 1.82. The zero-order valence-corrected chi connectivity index (χ0v) is 10.9. The van der Waals surface area contributed by atoms with Crippen LogP contribution in [0, 0.1) is 0 Å². The number of nitrogens with zero attached hydrogens (tertiary/aromatic N) is 3. The molecule has 0 saturated carbocycles. The first-order chi connectivity index (χ1) is 10.2. The molecular formula is C15H12N4O2. The minimum Gasteiger partial charge on any atom is -0.508 e. The molecule has 0 atom stereocenters. The number of aromatic hydroxyl groups is 2. The van der Waals surface area contributed by atoms with E-state index < -0.39 is 0 Å². The molecule has 0 unspecified atom stereocenters. The highest BCUT2D eigenvalue weighted by Crippen LogP contribution is 2.20. The van der Waals surface area contributed by atoms with Crippen LogP contribution in [-0.4, -0.2) is 26.4 Å². The van der Waals surface area contributed by atoms with Gasteiger partial charge in [-0.1, -0.05) is 12.1 Å². The van der Waals surface area contributed by atoms with Gasteiger partial charge >= 0.3 is 0 Å². The van der Waals surface area contributed by atoms with Gasteiger partial charge in [0.25, 0.3) is 0 Å². The van der Waals surface area contributed by atoms with Crippen LogP contribution in [-0.2, 0) is 0 Å². The van der Waals surface area contributed by atoms with Crippen LogP contribution < -0.4 is 5.43 Å². The summed E-state index contributed by atoms with van der Waals surface area (Å²) in [6.07, 6.45) is 2.97. The number of fused-ring (bicyclic) bond motifs is 1. The molecule has 1 aromatic heterocycles. The predicted molar refractivity (Wildman–Crippen MR) is 80.5 cm³/mol. The summed E-state index contributed by atoms with van der Waals surface area (Å²) in [5.41, 5.74) is 4.70. The summed E-state index contributed by atoms with van der Waals surface area (Å²) < 4.78 is 0. The summed E-state index contributed by atoms with van der Waals surface area (Å²) >= 11 is 0. The van der Waals surface area contributed by atoms with Gasteiger partial charge in [-0.2, -0.15) is 5.10 Å². The maximum atomic E-state index is 9.62. The number of hydrogen-bond donors (Lipinski definition) is 3. The summed E-state index contributed by atoms with van der Waals surface area (Å²) in [4.78, 5) is 8.60. The second-order valence-corrected chi connectivity index (χ2v) is 4.36. The van der Waals surface area contributed by atoms with Gasteiger partial charge in [0.2, 0.25) is 0 Å². The van der Waals surface area contributed by atoms with E-state index in [1.54, 1.807) is 6.20 Å². The van der Waals surface area contributed by atoms with Crippen molar-refractivity contribution in [2.24, 2.45) is 5.10 Å². The monoisotopic (exact) mass is 280 g/mol. The molecular weight excluding hydrogens is 268 g/mol. The Balaban J connectivity index is 1.79. The lowest BCUT2D eigenvalue weighted by Crippen LogP contribution is -1.95. The molecule has 0 bridgehead atoms. The van der Waals surface area contributed by atoms with Crippen LogP contribution in [0.25, 0.3) is 11.0 Å². The lowest BCUT2D eigenvalue weighted by molar-refractivity contribution is 0.459. The van der Waals surface area contributed by atoms with Crippen molar-refractivity contribution in [2.45, 2.75) is 0 Å².